The summed E-state index contributed by atoms with van der Waals surface area (Å²) in [5.74, 6) is 0.798. The number of methoxy groups -OCH3 is 2. The molecule has 0 spiro atoms. The number of rotatable bonds is 10. The van der Waals surface area contributed by atoms with Gasteiger partial charge in [-0.1, -0.05) is 31.2 Å². The van der Waals surface area contributed by atoms with Gasteiger partial charge in [0.2, 0.25) is 0 Å². The molecule has 0 aliphatic carbocycles. The van der Waals surface area contributed by atoms with Crippen molar-refractivity contribution in [2.75, 3.05) is 14.2 Å². The van der Waals surface area contributed by atoms with Crippen LogP contribution in [0.15, 0.2) is 48.8 Å². The molecule has 3 rings (SSSR count). The minimum absolute atomic E-state index is 0.0774. The Bertz CT molecular complexity index is 1040. The van der Waals surface area contributed by atoms with E-state index in [1.807, 2.05) is 37.3 Å². The number of carbonyl (C=O) groups excluding carboxylic acids is 2. The number of nitrogens with zero attached hydrogens (tertiary/aromatic N) is 2. The van der Waals surface area contributed by atoms with E-state index in [0.29, 0.717) is 23.6 Å². The average Bonchev–Trinajstić information content (AvgIpc) is 2.83. The van der Waals surface area contributed by atoms with Gasteiger partial charge in [-0.25, -0.2) is 9.97 Å². The molecule has 7 heteroatoms. The maximum Gasteiger partial charge on any atom is 0.185 e. The Kier molecular flexibility index (Phi) is 7.68. The fraction of sp³-hybridized carbons (Fsp3) is 0.280. The zero-order valence-electron chi connectivity index (χ0n) is 18.6. The van der Waals surface area contributed by atoms with Gasteiger partial charge in [-0.15, -0.1) is 0 Å². The van der Waals surface area contributed by atoms with Crippen LogP contribution in [-0.4, -0.2) is 35.8 Å². The molecule has 0 aliphatic heterocycles. The lowest BCUT2D eigenvalue weighted by Crippen LogP contribution is -2.13. The molecule has 0 aliphatic rings. The summed E-state index contributed by atoms with van der Waals surface area (Å²) < 4.78 is 10.7. The summed E-state index contributed by atoms with van der Waals surface area (Å²) >= 11 is 0. The van der Waals surface area contributed by atoms with Crippen LogP contribution in [0.5, 0.6) is 11.5 Å². The second kappa shape index (κ2) is 10.6. The number of hydrogen-bond acceptors (Lipinski definition) is 7. The van der Waals surface area contributed by atoms with Gasteiger partial charge < -0.3 is 15.2 Å². The molecule has 0 saturated heterocycles. The molecule has 0 saturated carbocycles. The van der Waals surface area contributed by atoms with Crippen LogP contribution in [0, 0.1) is 0 Å². The highest BCUT2D eigenvalue weighted by atomic mass is 16.5. The lowest BCUT2D eigenvalue weighted by atomic mass is 10.0. The predicted octanol–water partition coefficient (Wildman–Crippen LogP) is 3.37. The number of ketones is 2. The highest BCUT2D eigenvalue weighted by Gasteiger charge is 2.17. The fourth-order valence-electron chi connectivity index (χ4n) is 3.48. The van der Waals surface area contributed by atoms with E-state index in [9.17, 15) is 9.59 Å². The van der Waals surface area contributed by atoms with Crippen LogP contribution in [0.3, 0.4) is 0 Å². The normalized spacial score (nSPS) is 10.6. The Labute approximate surface area is 187 Å². The number of ether oxygens (including phenoxy) is 2. The Morgan fingerprint density at radius 1 is 0.812 bits per heavy atom. The summed E-state index contributed by atoms with van der Waals surface area (Å²) in [6, 6.07) is 12.7. The van der Waals surface area contributed by atoms with Crippen molar-refractivity contribution in [3.05, 3.63) is 82.4 Å². The first kappa shape index (κ1) is 23.1. The molecule has 1 heterocycles. The Morgan fingerprint density at radius 3 is 1.78 bits per heavy atom. The molecule has 32 heavy (non-hydrogen) atoms. The molecule has 0 atom stereocenters. The molecule has 166 valence electrons. The minimum Gasteiger partial charge on any atom is -0.496 e. The topological polar surface area (TPSA) is 104 Å². The fourth-order valence-corrected chi connectivity index (χ4v) is 3.48. The van der Waals surface area contributed by atoms with Crippen molar-refractivity contribution >= 4 is 11.6 Å². The van der Waals surface area contributed by atoms with Crippen molar-refractivity contribution in [1.29, 1.82) is 0 Å². The van der Waals surface area contributed by atoms with Gasteiger partial charge in [0.15, 0.2) is 11.6 Å². The quantitative estimate of drug-likeness (QED) is 0.489. The SMILES string of the molecule is CCc1ccc(OC)c(CC(=O)c2cc(C(=O)Cc3cc(CN)ccc3OC)ncn2)c1. The van der Waals surface area contributed by atoms with Crippen molar-refractivity contribution in [1.82, 2.24) is 9.97 Å². The average molecular weight is 434 g/mol. The van der Waals surface area contributed by atoms with Crippen LogP contribution in [0.1, 0.15) is 50.2 Å². The van der Waals surface area contributed by atoms with Crippen LogP contribution in [0.2, 0.25) is 0 Å². The van der Waals surface area contributed by atoms with E-state index < -0.39 is 0 Å². The number of benzene rings is 2. The van der Waals surface area contributed by atoms with E-state index in [1.54, 1.807) is 20.3 Å². The molecular formula is C25H27N3O4. The van der Waals surface area contributed by atoms with E-state index in [2.05, 4.69) is 9.97 Å². The molecule has 0 bridgehead atoms. The van der Waals surface area contributed by atoms with Crippen molar-refractivity contribution in [2.24, 2.45) is 5.73 Å². The second-order valence-electron chi connectivity index (χ2n) is 7.34. The Hall–Kier alpha value is -3.58. The summed E-state index contributed by atoms with van der Waals surface area (Å²) in [4.78, 5) is 34.0. The van der Waals surface area contributed by atoms with Gasteiger partial charge in [0.05, 0.1) is 14.2 Å². The van der Waals surface area contributed by atoms with Gasteiger partial charge in [-0.05, 0) is 35.7 Å². The maximum absolute atomic E-state index is 12.9. The molecular weight excluding hydrogens is 406 g/mol. The first-order chi connectivity index (χ1) is 15.5. The van der Waals surface area contributed by atoms with Crippen molar-refractivity contribution in [3.8, 4) is 11.5 Å². The van der Waals surface area contributed by atoms with Gasteiger partial charge in [0.1, 0.15) is 29.2 Å². The van der Waals surface area contributed by atoms with Gasteiger partial charge in [0.25, 0.3) is 0 Å². The zero-order valence-corrected chi connectivity index (χ0v) is 18.6. The first-order valence-corrected chi connectivity index (χ1v) is 10.4. The second-order valence-corrected chi connectivity index (χ2v) is 7.34. The Balaban J connectivity index is 1.81. The lowest BCUT2D eigenvalue weighted by Gasteiger charge is -2.11. The van der Waals surface area contributed by atoms with Crippen molar-refractivity contribution < 1.29 is 19.1 Å². The van der Waals surface area contributed by atoms with E-state index in [0.717, 1.165) is 23.1 Å². The van der Waals surface area contributed by atoms with E-state index in [1.165, 1.54) is 12.4 Å². The molecule has 2 aromatic carbocycles. The third-order valence-electron chi connectivity index (χ3n) is 5.27. The number of hydrogen-bond donors (Lipinski definition) is 1. The van der Waals surface area contributed by atoms with Crippen molar-refractivity contribution in [3.63, 3.8) is 0 Å². The lowest BCUT2D eigenvalue weighted by molar-refractivity contribution is 0.0986. The summed E-state index contributed by atoms with van der Waals surface area (Å²) in [6.45, 7) is 2.41. The van der Waals surface area contributed by atoms with E-state index >= 15 is 0 Å². The third-order valence-corrected chi connectivity index (χ3v) is 5.27. The monoisotopic (exact) mass is 433 g/mol. The van der Waals surface area contributed by atoms with E-state index in [4.69, 9.17) is 15.2 Å². The predicted molar refractivity (Wildman–Crippen MR) is 121 cm³/mol. The molecule has 0 fully saturated rings. The van der Waals surface area contributed by atoms with Crippen LogP contribution in [0.25, 0.3) is 0 Å². The third kappa shape index (κ3) is 5.36. The molecule has 0 unspecified atom stereocenters. The van der Waals surface area contributed by atoms with Gasteiger partial charge in [-0.2, -0.15) is 0 Å². The van der Waals surface area contributed by atoms with Crippen LogP contribution >= 0.6 is 0 Å². The van der Waals surface area contributed by atoms with Crippen LogP contribution in [-0.2, 0) is 25.8 Å². The molecule has 1 aromatic heterocycles. The highest BCUT2D eigenvalue weighted by Crippen LogP contribution is 2.23. The largest absolute Gasteiger partial charge is 0.496 e. The molecule has 7 nitrogen and oxygen atoms in total. The number of aromatic nitrogens is 2. The van der Waals surface area contributed by atoms with Crippen molar-refractivity contribution in [2.45, 2.75) is 32.7 Å². The highest BCUT2D eigenvalue weighted by molar-refractivity contribution is 6.00. The Morgan fingerprint density at radius 2 is 1.31 bits per heavy atom. The molecule has 3 aromatic rings. The summed E-state index contributed by atoms with van der Waals surface area (Å²) in [5.41, 5.74) is 9.59. The zero-order chi connectivity index (χ0) is 23.1. The van der Waals surface area contributed by atoms with E-state index in [-0.39, 0.29) is 35.8 Å². The number of Topliss-reactive ketones (excluding diaryl/α,β-unsaturated/α-hetero) is 2. The molecule has 0 radical (unpaired) electrons. The summed E-state index contributed by atoms with van der Waals surface area (Å²) in [7, 11) is 3.12. The number of nitrogens with two attached hydrogens (primary N) is 1. The standard InChI is InChI=1S/C25H27N3O4/c1-4-16-5-7-24(31-2)18(9-16)11-22(29)20-13-21(28-15-27-20)23(30)12-19-10-17(14-26)6-8-25(19)32-3/h5-10,13,15H,4,11-12,14,26H2,1-3H3. The van der Waals surface area contributed by atoms with Crippen LogP contribution in [0.4, 0.5) is 0 Å². The molecule has 2 N–H and O–H groups in total. The molecule has 0 amide bonds. The van der Waals surface area contributed by atoms with Crippen LogP contribution < -0.4 is 15.2 Å². The van der Waals surface area contributed by atoms with Gasteiger partial charge in [0, 0.05) is 30.5 Å². The van der Waals surface area contributed by atoms with Gasteiger partial charge in [-0.3, -0.25) is 9.59 Å². The maximum atomic E-state index is 12.9. The van der Waals surface area contributed by atoms with Gasteiger partial charge >= 0.3 is 0 Å². The minimum atomic E-state index is -0.237. The number of aryl methyl sites for hydroxylation is 1. The summed E-state index contributed by atoms with van der Waals surface area (Å²) in [5, 5.41) is 0. The number of carbonyl (C=O) groups is 2. The first-order valence-electron chi connectivity index (χ1n) is 10.4. The summed E-state index contributed by atoms with van der Waals surface area (Å²) in [6.07, 6.45) is 2.29. The smallest absolute Gasteiger partial charge is 0.185 e.